The minimum absolute atomic E-state index is 0.133. The first kappa shape index (κ1) is 18.7. The van der Waals surface area contributed by atoms with Crippen LogP contribution in [0, 0.1) is 5.41 Å². The number of rotatable bonds is 6. The van der Waals surface area contributed by atoms with E-state index in [1.807, 2.05) is 38.9 Å². The van der Waals surface area contributed by atoms with Crippen LogP contribution in [0.3, 0.4) is 0 Å². The summed E-state index contributed by atoms with van der Waals surface area (Å²) in [5.41, 5.74) is 1.15. The molecule has 0 spiro atoms. The summed E-state index contributed by atoms with van der Waals surface area (Å²) in [6, 6.07) is 7.04. The van der Waals surface area contributed by atoms with Gasteiger partial charge in [-0.25, -0.2) is 4.98 Å². The summed E-state index contributed by atoms with van der Waals surface area (Å²) in [6.45, 7) is 5.28. The Bertz CT molecular complexity index is 724. The molecule has 0 atom stereocenters. The van der Waals surface area contributed by atoms with E-state index in [2.05, 4.69) is 15.6 Å². The maximum Gasteiger partial charge on any atom is 0.313 e. The van der Waals surface area contributed by atoms with Crippen molar-refractivity contribution < 1.29 is 14.0 Å². The Morgan fingerprint density at radius 2 is 2.00 bits per heavy atom. The third kappa shape index (κ3) is 5.72. The second-order valence-corrected chi connectivity index (χ2v) is 6.99. The van der Waals surface area contributed by atoms with Gasteiger partial charge in [-0.1, -0.05) is 26.0 Å². The van der Waals surface area contributed by atoms with Gasteiger partial charge < -0.3 is 20.0 Å². The molecular weight excluding hydrogens is 320 g/mol. The zero-order valence-corrected chi connectivity index (χ0v) is 15.0. The van der Waals surface area contributed by atoms with Gasteiger partial charge in [-0.2, -0.15) is 0 Å². The number of carbonyl (C=O) groups is 2. The highest BCUT2D eigenvalue weighted by molar-refractivity contribution is 6.39. The van der Waals surface area contributed by atoms with Crippen molar-refractivity contribution in [3.8, 4) is 11.3 Å². The van der Waals surface area contributed by atoms with Gasteiger partial charge >= 0.3 is 11.8 Å². The van der Waals surface area contributed by atoms with Crippen LogP contribution in [0.25, 0.3) is 11.3 Å². The van der Waals surface area contributed by atoms with Gasteiger partial charge in [0.15, 0.2) is 12.2 Å². The fraction of sp³-hybridized carbons (Fsp3) is 0.389. The van der Waals surface area contributed by atoms with Crippen LogP contribution in [0.4, 0.5) is 5.69 Å². The van der Waals surface area contributed by atoms with Gasteiger partial charge in [-0.05, 0) is 31.6 Å². The van der Waals surface area contributed by atoms with Crippen molar-refractivity contribution in [3.05, 3.63) is 36.9 Å². The predicted molar refractivity (Wildman–Crippen MR) is 95.9 cm³/mol. The number of benzene rings is 1. The molecule has 2 aromatic rings. The van der Waals surface area contributed by atoms with Crippen LogP contribution in [0.2, 0.25) is 0 Å². The van der Waals surface area contributed by atoms with Crippen molar-refractivity contribution >= 4 is 17.5 Å². The standard InChI is InChI=1S/C18H24N4O3/c1-18(2,11-22(3)4)10-20-16(23)17(24)21-14-7-5-6-13(8-14)15-9-19-12-25-15/h5-9,12H,10-11H2,1-4H3,(H,20,23)(H,21,24). The fourth-order valence-corrected chi connectivity index (χ4v) is 2.61. The molecule has 2 N–H and O–H groups in total. The Morgan fingerprint density at radius 1 is 1.24 bits per heavy atom. The molecule has 134 valence electrons. The molecule has 0 saturated carbocycles. The van der Waals surface area contributed by atoms with Crippen LogP contribution in [0.15, 0.2) is 41.3 Å². The van der Waals surface area contributed by atoms with Crippen LogP contribution >= 0.6 is 0 Å². The molecule has 1 aromatic heterocycles. The van der Waals surface area contributed by atoms with Gasteiger partial charge in [0.2, 0.25) is 0 Å². The van der Waals surface area contributed by atoms with E-state index in [9.17, 15) is 9.59 Å². The topological polar surface area (TPSA) is 87.5 Å². The minimum Gasteiger partial charge on any atom is -0.444 e. The van der Waals surface area contributed by atoms with Crippen molar-refractivity contribution in [1.29, 1.82) is 0 Å². The zero-order chi connectivity index (χ0) is 18.4. The summed E-state index contributed by atoms with van der Waals surface area (Å²) in [5, 5.41) is 5.28. The molecule has 0 saturated heterocycles. The number of amides is 2. The first-order valence-corrected chi connectivity index (χ1v) is 8.00. The third-order valence-electron chi connectivity index (χ3n) is 3.52. The summed E-state index contributed by atoms with van der Waals surface area (Å²) < 4.78 is 5.23. The van der Waals surface area contributed by atoms with E-state index in [4.69, 9.17) is 4.42 Å². The van der Waals surface area contributed by atoms with Crippen LogP contribution in [-0.2, 0) is 9.59 Å². The number of carbonyl (C=O) groups excluding carboxylic acids is 2. The van der Waals surface area contributed by atoms with Crippen LogP contribution in [0.5, 0.6) is 0 Å². The van der Waals surface area contributed by atoms with E-state index in [1.54, 1.807) is 24.4 Å². The lowest BCUT2D eigenvalue weighted by Crippen LogP contribution is -2.43. The average molecular weight is 344 g/mol. The van der Waals surface area contributed by atoms with Crippen molar-refractivity contribution in [2.45, 2.75) is 13.8 Å². The highest BCUT2D eigenvalue weighted by atomic mass is 16.3. The number of nitrogens with one attached hydrogen (secondary N) is 2. The number of hydrogen-bond donors (Lipinski definition) is 2. The summed E-state index contributed by atoms with van der Waals surface area (Å²) in [5.74, 6) is -0.766. The molecule has 0 aliphatic heterocycles. The third-order valence-corrected chi connectivity index (χ3v) is 3.52. The summed E-state index contributed by atoms with van der Waals surface area (Å²) in [7, 11) is 3.94. The predicted octanol–water partition coefficient (Wildman–Crippen LogP) is 1.98. The van der Waals surface area contributed by atoms with Crippen molar-refractivity contribution in [2.75, 3.05) is 32.5 Å². The zero-order valence-electron chi connectivity index (χ0n) is 15.0. The van der Waals surface area contributed by atoms with E-state index >= 15 is 0 Å². The normalized spacial score (nSPS) is 11.4. The fourth-order valence-electron chi connectivity index (χ4n) is 2.61. The largest absolute Gasteiger partial charge is 0.444 e. The second-order valence-electron chi connectivity index (χ2n) is 6.99. The molecule has 0 unspecified atom stereocenters. The molecule has 25 heavy (non-hydrogen) atoms. The number of hydrogen-bond acceptors (Lipinski definition) is 5. The lowest BCUT2D eigenvalue weighted by atomic mass is 9.93. The van der Waals surface area contributed by atoms with E-state index in [1.165, 1.54) is 6.39 Å². The summed E-state index contributed by atoms with van der Waals surface area (Å²) >= 11 is 0. The number of nitrogens with zero attached hydrogens (tertiary/aromatic N) is 2. The Hall–Kier alpha value is -2.67. The first-order valence-electron chi connectivity index (χ1n) is 8.00. The summed E-state index contributed by atoms with van der Waals surface area (Å²) in [6.07, 6.45) is 2.92. The Morgan fingerprint density at radius 3 is 2.64 bits per heavy atom. The Balaban J connectivity index is 1.93. The lowest BCUT2D eigenvalue weighted by Gasteiger charge is -2.28. The van der Waals surface area contributed by atoms with Crippen LogP contribution in [0.1, 0.15) is 13.8 Å². The molecule has 1 heterocycles. The minimum atomic E-state index is -0.699. The van der Waals surface area contributed by atoms with Crippen molar-refractivity contribution in [2.24, 2.45) is 5.41 Å². The molecular formula is C18H24N4O3. The average Bonchev–Trinajstić information content (AvgIpc) is 3.06. The number of aromatic nitrogens is 1. The molecule has 0 fully saturated rings. The van der Waals surface area contributed by atoms with Gasteiger partial charge in [0.1, 0.15) is 0 Å². The summed E-state index contributed by atoms with van der Waals surface area (Å²) in [4.78, 5) is 30.0. The van der Waals surface area contributed by atoms with E-state index in [-0.39, 0.29) is 5.41 Å². The van der Waals surface area contributed by atoms with Crippen molar-refractivity contribution in [1.82, 2.24) is 15.2 Å². The van der Waals surface area contributed by atoms with Gasteiger partial charge in [0.05, 0.1) is 6.20 Å². The van der Waals surface area contributed by atoms with Crippen molar-refractivity contribution in [3.63, 3.8) is 0 Å². The molecule has 0 aliphatic carbocycles. The van der Waals surface area contributed by atoms with Crippen LogP contribution < -0.4 is 10.6 Å². The Kier molecular flexibility index (Phi) is 5.93. The molecule has 0 aliphatic rings. The maximum absolute atomic E-state index is 12.1. The first-order chi connectivity index (χ1) is 11.8. The monoisotopic (exact) mass is 344 g/mol. The molecule has 0 radical (unpaired) electrons. The number of anilines is 1. The highest BCUT2D eigenvalue weighted by Gasteiger charge is 2.22. The van der Waals surface area contributed by atoms with Crippen LogP contribution in [-0.4, -0.2) is 48.9 Å². The maximum atomic E-state index is 12.1. The highest BCUT2D eigenvalue weighted by Crippen LogP contribution is 2.22. The second kappa shape index (κ2) is 7.94. The van der Waals surface area contributed by atoms with E-state index in [0.29, 0.717) is 18.0 Å². The SMILES string of the molecule is CN(C)CC(C)(C)CNC(=O)C(=O)Nc1cccc(-c2cnco2)c1. The van der Waals surface area contributed by atoms with E-state index < -0.39 is 11.8 Å². The molecule has 2 amide bonds. The quantitative estimate of drug-likeness (QED) is 0.783. The number of oxazole rings is 1. The molecule has 1 aromatic carbocycles. The lowest BCUT2D eigenvalue weighted by molar-refractivity contribution is -0.136. The molecule has 0 bridgehead atoms. The van der Waals surface area contributed by atoms with Gasteiger partial charge in [0.25, 0.3) is 0 Å². The molecule has 2 rings (SSSR count). The van der Waals surface area contributed by atoms with Gasteiger partial charge in [0, 0.05) is 24.3 Å². The van der Waals surface area contributed by atoms with Gasteiger partial charge in [-0.3, -0.25) is 9.59 Å². The molecule has 7 heteroatoms. The smallest absolute Gasteiger partial charge is 0.313 e. The Labute approximate surface area is 147 Å². The van der Waals surface area contributed by atoms with E-state index in [0.717, 1.165) is 12.1 Å². The molecule has 7 nitrogen and oxygen atoms in total. The van der Waals surface area contributed by atoms with Gasteiger partial charge in [-0.15, -0.1) is 0 Å².